The van der Waals surface area contributed by atoms with E-state index in [9.17, 15) is 14.7 Å². The van der Waals surface area contributed by atoms with Gasteiger partial charge in [0.1, 0.15) is 5.01 Å². The molecular weight excluding hydrogens is 548 g/mol. The highest BCUT2D eigenvalue weighted by Crippen LogP contribution is 2.39. The van der Waals surface area contributed by atoms with Crippen molar-refractivity contribution in [1.82, 2.24) is 15.5 Å². The number of rotatable bonds is 13. The van der Waals surface area contributed by atoms with Gasteiger partial charge in [0.25, 0.3) is 0 Å². The number of aliphatic hydroxyl groups excluding tert-OH is 1. The van der Waals surface area contributed by atoms with E-state index in [2.05, 4.69) is 20.8 Å². The first-order valence-electron chi connectivity index (χ1n) is 13.5. The van der Waals surface area contributed by atoms with Crippen LogP contribution in [0.4, 0.5) is 5.69 Å². The molecular formula is C29H36N4O5S2. The average molecular weight is 585 g/mol. The number of carbonyl (C=O) groups excluding carboxylic acids is 2. The van der Waals surface area contributed by atoms with Crippen LogP contribution in [0, 0.1) is 6.92 Å². The minimum atomic E-state index is -0.564. The van der Waals surface area contributed by atoms with E-state index in [1.54, 1.807) is 23.1 Å². The normalized spacial score (nSPS) is 18.8. The number of hydrogen-bond donors (Lipinski definition) is 3. The Labute approximate surface area is 243 Å². The number of aliphatic hydroxyl groups is 1. The minimum absolute atomic E-state index is 0.000435. The van der Waals surface area contributed by atoms with Crippen molar-refractivity contribution in [1.29, 1.82) is 0 Å². The van der Waals surface area contributed by atoms with Crippen LogP contribution in [0.2, 0.25) is 0 Å². The van der Waals surface area contributed by atoms with Crippen LogP contribution in [0.15, 0.2) is 52.9 Å². The highest BCUT2D eigenvalue weighted by atomic mass is 32.2. The largest absolute Gasteiger partial charge is 0.392 e. The second-order valence-corrected chi connectivity index (χ2v) is 12.2. The number of aryl methyl sites for hydroxylation is 1. The minimum Gasteiger partial charge on any atom is -0.392 e. The first-order valence-corrected chi connectivity index (χ1v) is 15.3. The van der Waals surface area contributed by atoms with Crippen molar-refractivity contribution >= 4 is 40.6 Å². The third kappa shape index (κ3) is 9.38. The summed E-state index contributed by atoms with van der Waals surface area (Å²) >= 11 is 3.21. The number of anilines is 1. The van der Waals surface area contributed by atoms with E-state index in [0.29, 0.717) is 19.4 Å². The Morgan fingerprint density at radius 2 is 1.77 bits per heavy atom. The topological polar surface area (TPSA) is 123 Å². The molecule has 1 fully saturated rings. The number of benzene rings is 2. The number of hydrogen-bond acceptors (Lipinski definition) is 9. The van der Waals surface area contributed by atoms with Gasteiger partial charge in [-0.2, -0.15) is 0 Å². The Morgan fingerprint density at radius 1 is 1.02 bits per heavy atom. The molecule has 1 aromatic heterocycles. The molecule has 3 atom stereocenters. The molecule has 0 radical (unpaired) electrons. The molecule has 0 saturated carbocycles. The highest BCUT2D eigenvalue weighted by molar-refractivity contribution is 8.01. The van der Waals surface area contributed by atoms with E-state index in [0.717, 1.165) is 56.7 Å². The van der Waals surface area contributed by atoms with Crippen molar-refractivity contribution < 1.29 is 24.2 Å². The molecule has 1 aliphatic rings. The van der Waals surface area contributed by atoms with Gasteiger partial charge >= 0.3 is 0 Å². The molecule has 214 valence electrons. The zero-order chi connectivity index (χ0) is 28.3. The lowest BCUT2D eigenvalue weighted by Gasteiger charge is -2.36. The number of amides is 2. The van der Waals surface area contributed by atoms with E-state index >= 15 is 0 Å². The van der Waals surface area contributed by atoms with Crippen molar-refractivity contribution in [2.75, 3.05) is 17.6 Å². The molecule has 3 unspecified atom stereocenters. The molecule has 9 nitrogen and oxygen atoms in total. The lowest BCUT2D eigenvalue weighted by atomic mass is 10.0. The monoisotopic (exact) mass is 584 g/mol. The lowest BCUT2D eigenvalue weighted by molar-refractivity contribution is -0.245. The average Bonchev–Trinajstić information content (AvgIpc) is 3.39. The summed E-state index contributed by atoms with van der Waals surface area (Å²) in [4.78, 5) is 23.3. The Kier molecular flexibility index (Phi) is 11.5. The first-order chi connectivity index (χ1) is 19.4. The van der Waals surface area contributed by atoms with Crippen molar-refractivity contribution in [3.63, 3.8) is 0 Å². The van der Waals surface area contributed by atoms with E-state index in [-0.39, 0.29) is 30.6 Å². The predicted molar refractivity (Wildman–Crippen MR) is 156 cm³/mol. The van der Waals surface area contributed by atoms with Crippen LogP contribution in [-0.2, 0) is 25.7 Å². The molecule has 4 rings (SSSR count). The Hall–Kier alpha value is -2.83. The summed E-state index contributed by atoms with van der Waals surface area (Å²) in [6.07, 6.45) is 2.83. The molecule has 3 N–H and O–H groups in total. The van der Waals surface area contributed by atoms with Gasteiger partial charge in [0.15, 0.2) is 10.6 Å². The Morgan fingerprint density at radius 3 is 2.45 bits per heavy atom. The van der Waals surface area contributed by atoms with Crippen LogP contribution >= 0.6 is 23.1 Å². The predicted octanol–water partition coefficient (Wildman–Crippen LogP) is 5.31. The molecule has 2 amide bonds. The fourth-order valence-corrected chi connectivity index (χ4v) is 6.18. The maximum absolute atomic E-state index is 12.4. The molecule has 3 aromatic rings. The Balaban J connectivity index is 1.35. The van der Waals surface area contributed by atoms with Crippen molar-refractivity contribution in [2.45, 2.75) is 75.4 Å². The van der Waals surface area contributed by atoms with Crippen molar-refractivity contribution in [3.05, 3.63) is 70.2 Å². The van der Waals surface area contributed by atoms with Crippen LogP contribution in [0.1, 0.15) is 73.1 Å². The fourth-order valence-electron chi connectivity index (χ4n) is 4.32. The number of thioether (sulfide) groups is 1. The second kappa shape index (κ2) is 15.2. The summed E-state index contributed by atoms with van der Waals surface area (Å²) in [5.74, 6) is 0.654. The maximum Gasteiger partial charge on any atom is 0.224 e. The van der Waals surface area contributed by atoms with Crippen LogP contribution in [-0.4, -0.2) is 45.5 Å². The molecule has 0 aliphatic carbocycles. The quantitative estimate of drug-likeness (QED) is 0.182. The van der Waals surface area contributed by atoms with Gasteiger partial charge in [-0.3, -0.25) is 9.59 Å². The van der Waals surface area contributed by atoms with E-state index in [4.69, 9.17) is 9.47 Å². The maximum atomic E-state index is 12.4. The zero-order valence-corrected chi connectivity index (χ0v) is 24.4. The number of ether oxygens (including phenoxy) is 2. The van der Waals surface area contributed by atoms with Gasteiger partial charge < -0.3 is 25.2 Å². The molecule has 0 spiro atoms. The van der Waals surface area contributed by atoms with Gasteiger partial charge in [0, 0.05) is 43.3 Å². The van der Waals surface area contributed by atoms with Gasteiger partial charge in [0.2, 0.25) is 11.8 Å². The lowest BCUT2D eigenvalue weighted by Crippen LogP contribution is -2.31. The third-order valence-electron chi connectivity index (χ3n) is 6.44. The van der Waals surface area contributed by atoms with Crippen LogP contribution in [0.5, 0.6) is 0 Å². The summed E-state index contributed by atoms with van der Waals surface area (Å²) in [6.45, 7) is 4.08. The first kappa shape index (κ1) is 30.1. The number of carbonyl (C=O) groups is 2. The number of nitrogens with one attached hydrogen (secondary N) is 2. The van der Waals surface area contributed by atoms with Crippen LogP contribution in [0.3, 0.4) is 0 Å². The van der Waals surface area contributed by atoms with Gasteiger partial charge in [0.05, 0.1) is 18.8 Å². The number of nitrogens with zero attached hydrogens (tertiary/aromatic N) is 2. The molecule has 2 aromatic carbocycles. The fraction of sp³-hybridized carbons (Fsp3) is 0.448. The molecule has 1 aliphatic heterocycles. The number of unbranched alkanes of at least 4 members (excludes halogenated alkanes) is 2. The van der Waals surface area contributed by atoms with E-state index in [1.165, 1.54) is 6.92 Å². The molecule has 2 heterocycles. The summed E-state index contributed by atoms with van der Waals surface area (Å²) < 4.78 is 13.7. The number of aromatic nitrogens is 2. The molecule has 40 heavy (non-hydrogen) atoms. The molecule has 0 bridgehead atoms. The van der Waals surface area contributed by atoms with E-state index < -0.39 is 6.29 Å². The van der Waals surface area contributed by atoms with Crippen LogP contribution < -0.4 is 10.6 Å². The summed E-state index contributed by atoms with van der Waals surface area (Å²) in [6, 6.07) is 15.4. The second-order valence-electron chi connectivity index (χ2n) is 9.71. The SMILES string of the molecule is CC(=O)NCCCCCC(=O)Nc1ccc(C2OC(CSc3nnc(C)s3)CC(c3ccc(CO)cc3)O2)cc1. The molecule has 11 heteroatoms. The Bertz CT molecular complexity index is 1240. The van der Waals surface area contributed by atoms with Crippen LogP contribution in [0.25, 0.3) is 0 Å². The zero-order valence-electron chi connectivity index (χ0n) is 22.8. The van der Waals surface area contributed by atoms with Gasteiger partial charge in [-0.15, -0.1) is 10.2 Å². The standard InChI is InChI=1S/C29H36N4O5S2/c1-19(35)30-15-5-3-4-6-27(36)31-24-13-11-23(12-14-24)28-37-25(18-39-29-33-32-20(2)40-29)16-26(38-28)22-9-7-21(17-34)8-10-22/h7-14,25-26,28,34H,3-6,15-18H2,1-2H3,(H,30,35)(H,31,36). The van der Waals surface area contributed by atoms with Crippen molar-refractivity contribution in [2.24, 2.45) is 0 Å². The third-order valence-corrected chi connectivity index (χ3v) is 8.54. The van der Waals surface area contributed by atoms with Gasteiger partial charge in [-0.05, 0) is 43.0 Å². The van der Waals surface area contributed by atoms with Gasteiger partial charge in [-0.1, -0.05) is 65.9 Å². The smallest absolute Gasteiger partial charge is 0.224 e. The summed E-state index contributed by atoms with van der Waals surface area (Å²) in [5.41, 5.74) is 3.48. The summed E-state index contributed by atoms with van der Waals surface area (Å²) in [7, 11) is 0. The van der Waals surface area contributed by atoms with E-state index in [1.807, 2.05) is 55.5 Å². The molecule has 1 saturated heterocycles. The summed E-state index contributed by atoms with van der Waals surface area (Å²) in [5, 5.41) is 24.4. The van der Waals surface area contributed by atoms with Crippen molar-refractivity contribution in [3.8, 4) is 0 Å². The van der Waals surface area contributed by atoms with Gasteiger partial charge in [-0.25, -0.2) is 0 Å². The highest BCUT2D eigenvalue weighted by Gasteiger charge is 2.32.